The van der Waals surface area contributed by atoms with Crippen LogP contribution in [0.3, 0.4) is 0 Å². The van der Waals surface area contributed by atoms with Crippen LogP contribution in [0, 0.1) is 33.6 Å². The SMILES string of the molecule is Cc1cccc(C)c1-n1c(C)cc(/C=C2\SC(=Nc3ccccc3)N([C@@H]3CCCC[C@@H]3C)C2=O)c1C. The fourth-order valence-electron chi connectivity index (χ4n) is 5.73. The molecule has 186 valence electrons. The summed E-state index contributed by atoms with van der Waals surface area (Å²) in [5, 5.41) is 0.805. The summed E-state index contributed by atoms with van der Waals surface area (Å²) < 4.78 is 2.32. The highest BCUT2D eigenvalue weighted by molar-refractivity contribution is 8.18. The highest BCUT2D eigenvalue weighted by Gasteiger charge is 2.41. The van der Waals surface area contributed by atoms with Gasteiger partial charge >= 0.3 is 0 Å². The molecule has 1 aromatic heterocycles. The Hall–Kier alpha value is -3.05. The normalized spacial score (nSPS) is 22.7. The van der Waals surface area contributed by atoms with E-state index in [1.54, 1.807) is 0 Å². The van der Waals surface area contributed by atoms with Crippen molar-refractivity contribution in [2.75, 3.05) is 0 Å². The number of rotatable bonds is 4. The molecule has 1 aliphatic carbocycles. The standard InChI is InChI=1S/C31H35N3OS/c1-20-12-9-10-17-27(20)34-30(35)28(36-31(34)32-26-15-7-6-8-16-26)19-25-18-23(4)33(24(25)5)29-21(2)13-11-14-22(29)3/h6-8,11,13-16,18-20,27H,9-10,12,17H2,1-5H3/b28-19-,32-31?/t20-,27+/m0/s1. The molecule has 2 aromatic carbocycles. The molecule has 3 aromatic rings. The van der Waals surface area contributed by atoms with E-state index in [0.29, 0.717) is 5.92 Å². The first-order valence-electron chi connectivity index (χ1n) is 13.0. The minimum Gasteiger partial charge on any atom is -0.317 e. The van der Waals surface area contributed by atoms with Crippen LogP contribution in [0.4, 0.5) is 5.69 Å². The topological polar surface area (TPSA) is 37.6 Å². The van der Waals surface area contributed by atoms with Gasteiger partial charge in [0.25, 0.3) is 5.91 Å². The van der Waals surface area contributed by atoms with E-state index in [2.05, 4.69) is 69.5 Å². The molecule has 1 saturated carbocycles. The Bertz CT molecular complexity index is 1330. The van der Waals surface area contributed by atoms with E-state index in [-0.39, 0.29) is 11.9 Å². The maximum atomic E-state index is 13.9. The van der Waals surface area contributed by atoms with Gasteiger partial charge in [-0.3, -0.25) is 9.69 Å². The molecule has 5 heteroatoms. The highest BCUT2D eigenvalue weighted by Crippen LogP contribution is 2.40. The summed E-state index contributed by atoms with van der Waals surface area (Å²) in [5.41, 5.74) is 8.01. The van der Waals surface area contributed by atoms with Crippen LogP contribution in [0.2, 0.25) is 0 Å². The van der Waals surface area contributed by atoms with Crippen LogP contribution in [0.15, 0.2) is 64.5 Å². The summed E-state index contributed by atoms with van der Waals surface area (Å²) in [6, 6.07) is 18.8. The van der Waals surface area contributed by atoms with Crippen LogP contribution in [-0.2, 0) is 4.79 Å². The Morgan fingerprint density at radius 1 is 0.944 bits per heavy atom. The summed E-state index contributed by atoms with van der Waals surface area (Å²) in [5.74, 6) is 0.558. The first-order chi connectivity index (χ1) is 17.3. The van der Waals surface area contributed by atoms with Gasteiger partial charge in [-0.2, -0.15) is 0 Å². The summed E-state index contributed by atoms with van der Waals surface area (Å²) in [7, 11) is 0. The van der Waals surface area contributed by atoms with Gasteiger partial charge in [-0.15, -0.1) is 0 Å². The molecule has 0 radical (unpaired) electrons. The van der Waals surface area contributed by atoms with E-state index in [9.17, 15) is 4.79 Å². The molecular formula is C31H35N3OS. The molecule has 0 spiro atoms. The molecule has 0 unspecified atom stereocenters. The number of aliphatic imine (C=N–C) groups is 1. The second kappa shape index (κ2) is 10.1. The third-order valence-electron chi connectivity index (χ3n) is 7.64. The number of amides is 1. The van der Waals surface area contributed by atoms with E-state index in [1.165, 1.54) is 40.7 Å². The van der Waals surface area contributed by atoms with Crippen LogP contribution >= 0.6 is 11.8 Å². The fourth-order valence-corrected chi connectivity index (χ4v) is 6.76. The van der Waals surface area contributed by atoms with E-state index < -0.39 is 0 Å². The number of benzene rings is 2. The van der Waals surface area contributed by atoms with E-state index in [4.69, 9.17) is 4.99 Å². The van der Waals surface area contributed by atoms with Crippen molar-refractivity contribution in [1.29, 1.82) is 0 Å². The number of aryl methyl sites for hydroxylation is 3. The lowest BCUT2D eigenvalue weighted by molar-refractivity contribution is -0.124. The van der Waals surface area contributed by atoms with Gasteiger partial charge in [0, 0.05) is 17.4 Å². The number of carbonyl (C=O) groups is 1. The maximum absolute atomic E-state index is 13.9. The van der Waals surface area contributed by atoms with Gasteiger partial charge in [0.1, 0.15) is 0 Å². The largest absolute Gasteiger partial charge is 0.317 e. The van der Waals surface area contributed by atoms with Gasteiger partial charge < -0.3 is 4.57 Å². The third kappa shape index (κ3) is 4.57. The van der Waals surface area contributed by atoms with Gasteiger partial charge in [-0.25, -0.2) is 4.99 Å². The minimum atomic E-state index is 0.0882. The Labute approximate surface area is 219 Å². The van der Waals surface area contributed by atoms with Crippen molar-refractivity contribution in [2.24, 2.45) is 10.9 Å². The minimum absolute atomic E-state index is 0.0882. The molecule has 36 heavy (non-hydrogen) atoms. The molecule has 1 saturated heterocycles. The second-order valence-electron chi connectivity index (χ2n) is 10.2. The predicted molar refractivity (Wildman–Crippen MR) is 152 cm³/mol. The second-order valence-corrected chi connectivity index (χ2v) is 11.3. The number of para-hydroxylation sites is 2. The number of carbonyl (C=O) groups excluding carboxylic acids is 1. The van der Waals surface area contributed by atoms with Gasteiger partial charge in [-0.1, -0.05) is 56.2 Å². The molecule has 4 nitrogen and oxygen atoms in total. The van der Waals surface area contributed by atoms with Crippen molar-refractivity contribution in [1.82, 2.24) is 9.47 Å². The van der Waals surface area contributed by atoms with Gasteiger partial charge in [-0.05, 0) is 99.2 Å². The number of thioether (sulfide) groups is 1. The lowest BCUT2D eigenvalue weighted by Gasteiger charge is -2.35. The van der Waals surface area contributed by atoms with Crippen LogP contribution in [0.25, 0.3) is 11.8 Å². The smallest absolute Gasteiger partial charge is 0.267 e. The zero-order chi connectivity index (χ0) is 25.4. The Kier molecular flexibility index (Phi) is 6.94. The summed E-state index contributed by atoms with van der Waals surface area (Å²) >= 11 is 1.52. The first-order valence-corrected chi connectivity index (χ1v) is 13.8. The summed E-state index contributed by atoms with van der Waals surface area (Å²) in [4.78, 5) is 21.6. The van der Waals surface area contributed by atoms with E-state index in [0.717, 1.165) is 46.3 Å². The van der Waals surface area contributed by atoms with Crippen LogP contribution in [0.1, 0.15) is 60.7 Å². The zero-order valence-corrected chi connectivity index (χ0v) is 22.7. The van der Waals surface area contributed by atoms with E-state index >= 15 is 0 Å². The lowest BCUT2D eigenvalue weighted by atomic mass is 9.85. The molecule has 2 atom stereocenters. The molecule has 1 aliphatic heterocycles. The van der Waals surface area contributed by atoms with Crippen molar-refractivity contribution >= 4 is 34.6 Å². The quantitative estimate of drug-likeness (QED) is 0.344. The average molecular weight is 498 g/mol. The monoisotopic (exact) mass is 497 g/mol. The number of amidine groups is 1. The van der Waals surface area contributed by atoms with Crippen LogP contribution in [-0.4, -0.2) is 26.6 Å². The van der Waals surface area contributed by atoms with Crippen molar-refractivity contribution in [2.45, 2.75) is 66.3 Å². The number of hydrogen-bond donors (Lipinski definition) is 0. The van der Waals surface area contributed by atoms with Gasteiger partial charge in [0.15, 0.2) is 5.17 Å². The summed E-state index contributed by atoms with van der Waals surface area (Å²) in [6.45, 7) is 10.9. The Balaban J connectivity index is 1.56. The first kappa shape index (κ1) is 24.6. The Morgan fingerprint density at radius 3 is 2.33 bits per heavy atom. The molecule has 5 rings (SSSR count). The van der Waals surface area contributed by atoms with Crippen molar-refractivity contribution in [3.63, 3.8) is 0 Å². The van der Waals surface area contributed by atoms with Crippen molar-refractivity contribution < 1.29 is 4.79 Å². The van der Waals surface area contributed by atoms with Crippen LogP contribution < -0.4 is 0 Å². The number of hydrogen-bond acceptors (Lipinski definition) is 3. The molecule has 1 amide bonds. The highest BCUT2D eigenvalue weighted by atomic mass is 32.2. The molecule has 2 fully saturated rings. The Morgan fingerprint density at radius 2 is 1.64 bits per heavy atom. The molecule has 0 N–H and O–H groups in total. The van der Waals surface area contributed by atoms with Gasteiger partial charge in [0.2, 0.25) is 0 Å². The predicted octanol–water partition coefficient (Wildman–Crippen LogP) is 7.89. The molecule has 2 heterocycles. The molecule has 0 bridgehead atoms. The molecule has 2 aliphatic rings. The summed E-state index contributed by atoms with van der Waals surface area (Å²) in [6.07, 6.45) is 6.68. The zero-order valence-electron chi connectivity index (χ0n) is 21.9. The lowest BCUT2D eigenvalue weighted by Crippen LogP contribution is -2.44. The van der Waals surface area contributed by atoms with Crippen molar-refractivity contribution in [3.8, 4) is 5.69 Å². The fraction of sp³-hybridized carbons (Fsp3) is 0.355. The number of aromatic nitrogens is 1. The maximum Gasteiger partial charge on any atom is 0.267 e. The number of nitrogens with zero attached hydrogens (tertiary/aromatic N) is 3. The molecular weight excluding hydrogens is 462 g/mol. The average Bonchev–Trinajstić information content (AvgIpc) is 3.30. The van der Waals surface area contributed by atoms with Crippen LogP contribution in [0.5, 0.6) is 0 Å². The van der Waals surface area contributed by atoms with Gasteiger partial charge in [0.05, 0.1) is 16.3 Å². The third-order valence-corrected chi connectivity index (χ3v) is 8.62. The van der Waals surface area contributed by atoms with E-state index in [1.807, 2.05) is 35.2 Å². The van der Waals surface area contributed by atoms with Crippen molar-refractivity contribution in [3.05, 3.63) is 87.6 Å².